The zero-order valence-electron chi connectivity index (χ0n) is 14.2. The molecule has 19 heavy (non-hydrogen) atoms. The third-order valence-electron chi connectivity index (χ3n) is 5.09. The van der Waals surface area contributed by atoms with Gasteiger partial charge < -0.3 is 5.32 Å². The first-order chi connectivity index (χ1) is 8.86. The topological polar surface area (TPSA) is 15.3 Å². The van der Waals surface area contributed by atoms with E-state index in [1.807, 2.05) is 0 Å². The summed E-state index contributed by atoms with van der Waals surface area (Å²) in [6, 6.07) is 0.819. The molecule has 1 saturated heterocycles. The van der Waals surface area contributed by atoms with Crippen molar-refractivity contribution in [2.45, 2.75) is 73.3 Å². The van der Waals surface area contributed by atoms with Crippen LogP contribution in [-0.4, -0.2) is 37.1 Å². The Morgan fingerprint density at radius 1 is 1.16 bits per heavy atom. The number of likely N-dealkylation sites (tertiary alicyclic amines) is 1. The van der Waals surface area contributed by atoms with Gasteiger partial charge in [0.25, 0.3) is 0 Å². The van der Waals surface area contributed by atoms with E-state index >= 15 is 0 Å². The van der Waals surface area contributed by atoms with Crippen molar-refractivity contribution in [2.24, 2.45) is 10.8 Å². The molecule has 0 aromatic heterocycles. The zero-order valence-corrected chi connectivity index (χ0v) is 14.2. The summed E-state index contributed by atoms with van der Waals surface area (Å²) in [6.45, 7) is 19.0. The molecular formula is C17H36N2. The molecule has 1 fully saturated rings. The van der Waals surface area contributed by atoms with Crippen molar-refractivity contribution in [3.05, 3.63) is 0 Å². The lowest BCUT2D eigenvalue weighted by Gasteiger charge is -2.52. The van der Waals surface area contributed by atoms with Gasteiger partial charge in [-0.15, -0.1) is 0 Å². The van der Waals surface area contributed by atoms with Crippen LogP contribution in [0, 0.1) is 10.8 Å². The highest BCUT2D eigenvalue weighted by Crippen LogP contribution is 2.35. The predicted octanol–water partition coefficient (Wildman–Crippen LogP) is 3.91. The van der Waals surface area contributed by atoms with Crippen LogP contribution in [0.1, 0.15) is 67.2 Å². The molecule has 114 valence electrons. The average Bonchev–Trinajstić information content (AvgIpc) is 2.34. The van der Waals surface area contributed by atoms with E-state index < -0.39 is 0 Å². The summed E-state index contributed by atoms with van der Waals surface area (Å²) < 4.78 is 0. The summed E-state index contributed by atoms with van der Waals surface area (Å²) in [5.74, 6) is 0. The number of rotatable bonds is 9. The molecule has 0 radical (unpaired) electrons. The maximum atomic E-state index is 3.65. The second-order valence-electron chi connectivity index (χ2n) is 7.63. The Labute approximate surface area is 121 Å². The second-order valence-corrected chi connectivity index (χ2v) is 7.63. The molecule has 0 atom stereocenters. The van der Waals surface area contributed by atoms with Crippen molar-refractivity contribution in [3.8, 4) is 0 Å². The van der Waals surface area contributed by atoms with E-state index in [9.17, 15) is 0 Å². The van der Waals surface area contributed by atoms with Crippen molar-refractivity contribution in [3.63, 3.8) is 0 Å². The van der Waals surface area contributed by atoms with Crippen LogP contribution < -0.4 is 5.32 Å². The normalized spacial score (nSPS) is 19.7. The highest BCUT2D eigenvalue weighted by atomic mass is 15.2. The van der Waals surface area contributed by atoms with Gasteiger partial charge in [-0.05, 0) is 43.1 Å². The third kappa shape index (κ3) is 5.07. The molecule has 0 unspecified atom stereocenters. The molecule has 0 aromatic rings. The van der Waals surface area contributed by atoms with Crippen LogP contribution in [0.2, 0.25) is 0 Å². The van der Waals surface area contributed by atoms with Gasteiger partial charge in [-0.25, -0.2) is 0 Å². The first-order valence-electron chi connectivity index (χ1n) is 8.30. The largest absolute Gasteiger partial charge is 0.316 e. The van der Waals surface area contributed by atoms with Crippen LogP contribution in [0.3, 0.4) is 0 Å². The Hall–Kier alpha value is -0.0800. The summed E-state index contributed by atoms with van der Waals surface area (Å²) in [6.07, 6.45) is 5.17. The summed E-state index contributed by atoms with van der Waals surface area (Å²) >= 11 is 0. The molecule has 0 amide bonds. The molecule has 0 bridgehead atoms. The summed E-state index contributed by atoms with van der Waals surface area (Å²) in [5.41, 5.74) is 1.01. The highest BCUT2D eigenvalue weighted by Gasteiger charge is 2.40. The van der Waals surface area contributed by atoms with Crippen LogP contribution in [-0.2, 0) is 0 Å². The van der Waals surface area contributed by atoms with E-state index in [1.165, 1.54) is 45.3 Å². The van der Waals surface area contributed by atoms with Crippen molar-refractivity contribution in [2.75, 3.05) is 26.2 Å². The number of hydrogen-bond acceptors (Lipinski definition) is 2. The van der Waals surface area contributed by atoms with Crippen LogP contribution in [0.4, 0.5) is 0 Å². The Bertz CT molecular complexity index is 250. The smallest absolute Gasteiger partial charge is 0.00904 e. The lowest BCUT2D eigenvalue weighted by molar-refractivity contribution is -0.0263. The van der Waals surface area contributed by atoms with E-state index in [-0.39, 0.29) is 0 Å². The van der Waals surface area contributed by atoms with Crippen LogP contribution in [0.25, 0.3) is 0 Å². The van der Waals surface area contributed by atoms with Gasteiger partial charge in [0.05, 0.1) is 0 Å². The van der Waals surface area contributed by atoms with Crippen molar-refractivity contribution < 1.29 is 0 Å². The predicted molar refractivity (Wildman–Crippen MR) is 85.6 cm³/mol. The van der Waals surface area contributed by atoms with E-state index in [0.29, 0.717) is 10.8 Å². The third-order valence-corrected chi connectivity index (χ3v) is 5.09. The maximum absolute atomic E-state index is 3.65. The van der Waals surface area contributed by atoms with Gasteiger partial charge in [0.2, 0.25) is 0 Å². The van der Waals surface area contributed by atoms with Crippen molar-refractivity contribution in [1.82, 2.24) is 10.2 Å². The van der Waals surface area contributed by atoms with Crippen LogP contribution in [0.5, 0.6) is 0 Å². The van der Waals surface area contributed by atoms with Gasteiger partial charge >= 0.3 is 0 Å². The quantitative estimate of drug-likeness (QED) is 0.638. The monoisotopic (exact) mass is 268 g/mol. The summed E-state index contributed by atoms with van der Waals surface area (Å²) in [5, 5.41) is 3.65. The number of nitrogens with one attached hydrogen (secondary N) is 1. The van der Waals surface area contributed by atoms with Crippen molar-refractivity contribution >= 4 is 0 Å². The molecule has 0 aromatic carbocycles. The maximum Gasteiger partial charge on any atom is 0.00904 e. The Morgan fingerprint density at radius 2 is 1.74 bits per heavy atom. The number of nitrogens with zero attached hydrogens (tertiary/aromatic N) is 1. The van der Waals surface area contributed by atoms with Gasteiger partial charge in [0.1, 0.15) is 0 Å². The molecule has 1 heterocycles. The second kappa shape index (κ2) is 7.08. The molecule has 0 spiro atoms. The standard InChI is InChI=1S/C17H36N2/c1-7-15(8-2)19-13-17(6,14-19)10-11-18-12-16(4,5)9-3/h15,18H,7-14H2,1-6H3. The van der Waals surface area contributed by atoms with Gasteiger partial charge in [0, 0.05) is 25.7 Å². The van der Waals surface area contributed by atoms with Gasteiger partial charge in [-0.1, -0.05) is 41.5 Å². The van der Waals surface area contributed by atoms with E-state index in [2.05, 4.69) is 51.8 Å². The molecule has 1 N–H and O–H groups in total. The highest BCUT2D eigenvalue weighted by molar-refractivity contribution is 4.94. The van der Waals surface area contributed by atoms with Crippen LogP contribution >= 0.6 is 0 Å². The first-order valence-corrected chi connectivity index (χ1v) is 8.30. The Kier molecular flexibility index (Phi) is 6.32. The Balaban J connectivity index is 2.18. The lowest BCUT2D eigenvalue weighted by atomic mass is 9.77. The molecular weight excluding hydrogens is 232 g/mol. The molecule has 1 rings (SSSR count). The summed E-state index contributed by atoms with van der Waals surface area (Å²) in [4.78, 5) is 2.68. The molecule has 1 aliphatic rings. The lowest BCUT2D eigenvalue weighted by Crippen LogP contribution is -2.58. The van der Waals surface area contributed by atoms with E-state index in [4.69, 9.17) is 0 Å². The molecule has 1 aliphatic heterocycles. The fourth-order valence-electron chi connectivity index (χ4n) is 3.10. The van der Waals surface area contributed by atoms with Gasteiger partial charge in [-0.2, -0.15) is 0 Å². The zero-order chi connectivity index (χ0) is 14.5. The number of hydrogen-bond donors (Lipinski definition) is 1. The minimum absolute atomic E-state index is 0.446. The first kappa shape index (κ1) is 17.0. The van der Waals surface area contributed by atoms with Crippen LogP contribution in [0.15, 0.2) is 0 Å². The fourth-order valence-corrected chi connectivity index (χ4v) is 3.10. The SMILES string of the molecule is CCC(CC)N1CC(C)(CCNCC(C)(C)CC)C1. The van der Waals surface area contributed by atoms with E-state index in [0.717, 1.165) is 12.6 Å². The summed E-state index contributed by atoms with van der Waals surface area (Å²) in [7, 11) is 0. The Morgan fingerprint density at radius 3 is 2.21 bits per heavy atom. The van der Waals surface area contributed by atoms with Gasteiger partial charge in [0.15, 0.2) is 0 Å². The molecule has 0 aliphatic carbocycles. The minimum Gasteiger partial charge on any atom is -0.316 e. The molecule has 2 nitrogen and oxygen atoms in total. The molecule has 2 heteroatoms. The average molecular weight is 268 g/mol. The molecule has 0 saturated carbocycles. The van der Waals surface area contributed by atoms with Gasteiger partial charge in [-0.3, -0.25) is 4.90 Å². The van der Waals surface area contributed by atoms with E-state index in [1.54, 1.807) is 0 Å². The fraction of sp³-hybridized carbons (Fsp3) is 1.00. The van der Waals surface area contributed by atoms with Crippen molar-refractivity contribution in [1.29, 1.82) is 0 Å². The minimum atomic E-state index is 0.446.